The number of halogens is 2. The van der Waals surface area contributed by atoms with Crippen LogP contribution in [0.15, 0.2) is 18.2 Å². The Morgan fingerprint density at radius 2 is 1.61 bits per heavy atom. The van der Waals surface area contributed by atoms with Crippen LogP contribution in [0.1, 0.15) is 32.4 Å². The lowest BCUT2D eigenvalue weighted by atomic mass is 9.81. The van der Waals surface area contributed by atoms with Crippen molar-refractivity contribution in [3.63, 3.8) is 0 Å². The molecule has 0 bridgehead atoms. The first-order valence-electron chi connectivity index (χ1n) is 7.90. The maximum Gasteiger partial charge on any atom is 0.161 e. The Bertz CT molecular complexity index is 500. The fraction of sp³-hybridized carbons (Fsp3) is 0.647. The lowest BCUT2D eigenvalue weighted by Crippen LogP contribution is -2.48. The molecular weight excluding hydrogens is 335 g/mol. The highest BCUT2D eigenvalue weighted by molar-refractivity contribution is 5.85. The zero-order valence-corrected chi connectivity index (χ0v) is 15.8. The summed E-state index contributed by atoms with van der Waals surface area (Å²) < 4.78 is 11.4. The summed E-state index contributed by atoms with van der Waals surface area (Å²) in [5, 5.41) is 3.44. The number of hydrogen-bond acceptors (Lipinski definition) is 4. The molecule has 1 aromatic rings. The van der Waals surface area contributed by atoms with Gasteiger partial charge in [0.05, 0.1) is 0 Å². The Morgan fingerprint density at radius 1 is 1.00 bits per heavy atom. The number of ether oxygens (including phenoxy) is 2. The average Bonchev–Trinajstić information content (AvgIpc) is 2.47. The van der Waals surface area contributed by atoms with E-state index in [0.29, 0.717) is 19.3 Å². The summed E-state index contributed by atoms with van der Waals surface area (Å²) in [6, 6.07) is 6.83. The van der Waals surface area contributed by atoms with Crippen LogP contribution in [-0.2, 0) is 0 Å². The molecule has 0 spiro atoms. The van der Waals surface area contributed by atoms with Gasteiger partial charge in [0, 0.05) is 32.2 Å². The normalized spacial score (nSPS) is 19.3. The molecule has 0 aliphatic carbocycles. The van der Waals surface area contributed by atoms with Crippen molar-refractivity contribution in [3.05, 3.63) is 23.8 Å². The fourth-order valence-electron chi connectivity index (χ4n) is 3.43. The SMILES string of the molecule is CC(C)(C)[C@@H](c1ccc2c(c1)OCCO2)N1CCNCC1.Cl.Cl. The third-order valence-corrected chi connectivity index (χ3v) is 4.22. The van der Waals surface area contributed by atoms with Crippen LogP contribution in [0, 0.1) is 5.41 Å². The zero-order chi connectivity index (χ0) is 14.9. The van der Waals surface area contributed by atoms with Crippen molar-refractivity contribution in [1.29, 1.82) is 0 Å². The highest BCUT2D eigenvalue weighted by Gasteiger charge is 2.33. The van der Waals surface area contributed by atoms with Crippen molar-refractivity contribution in [2.24, 2.45) is 5.41 Å². The van der Waals surface area contributed by atoms with Gasteiger partial charge in [-0.1, -0.05) is 26.8 Å². The minimum absolute atomic E-state index is 0. The maximum atomic E-state index is 5.76. The lowest BCUT2D eigenvalue weighted by Gasteiger charge is -2.42. The molecule has 0 saturated carbocycles. The molecule has 3 rings (SSSR count). The van der Waals surface area contributed by atoms with E-state index in [1.807, 2.05) is 0 Å². The van der Waals surface area contributed by atoms with E-state index >= 15 is 0 Å². The Kier molecular flexibility index (Phi) is 7.46. The van der Waals surface area contributed by atoms with E-state index in [-0.39, 0.29) is 30.2 Å². The second kappa shape index (κ2) is 8.43. The summed E-state index contributed by atoms with van der Waals surface area (Å²) in [4.78, 5) is 2.59. The minimum Gasteiger partial charge on any atom is -0.486 e. The van der Waals surface area contributed by atoms with Crippen LogP contribution in [0.4, 0.5) is 0 Å². The number of nitrogens with zero attached hydrogens (tertiary/aromatic N) is 1. The number of rotatable bonds is 2. The smallest absolute Gasteiger partial charge is 0.161 e. The third kappa shape index (κ3) is 4.66. The molecule has 0 unspecified atom stereocenters. The first kappa shape index (κ1) is 20.4. The van der Waals surface area contributed by atoms with Gasteiger partial charge < -0.3 is 14.8 Å². The van der Waals surface area contributed by atoms with E-state index in [4.69, 9.17) is 9.47 Å². The largest absolute Gasteiger partial charge is 0.486 e. The standard InChI is InChI=1S/C17H26N2O2.2ClH/c1-17(2,3)16(19-8-6-18-7-9-19)13-4-5-14-15(12-13)21-11-10-20-14;;/h4-5,12,16,18H,6-11H2,1-3H3;2*1H/t16-;;/m1../s1. The predicted octanol–water partition coefficient (Wildman–Crippen LogP) is 3.29. The van der Waals surface area contributed by atoms with Crippen molar-refractivity contribution in [3.8, 4) is 11.5 Å². The second-order valence-electron chi connectivity index (χ2n) is 6.96. The van der Waals surface area contributed by atoms with Crippen molar-refractivity contribution in [2.45, 2.75) is 26.8 Å². The lowest BCUT2D eigenvalue weighted by molar-refractivity contribution is 0.0855. The Hall–Kier alpha value is -0.680. The Balaban J connectivity index is 0.00000132. The molecule has 1 fully saturated rings. The fourth-order valence-corrected chi connectivity index (χ4v) is 3.43. The van der Waals surface area contributed by atoms with Crippen molar-refractivity contribution in [1.82, 2.24) is 10.2 Å². The van der Waals surface area contributed by atoms with Gasteiger partial charge in [-0.15, -0.1) is 24.8 Å². The van der Waals surface area contributed by atoms with E-state index < -0.39 is 0 Å². The van der Waals surface area contributed by atoms with Crippen LogP contribution in [0.5, 0.6) is 11.5 Å². The van der Waals surface area contributed by atoms with E-state index in [1.54, 1.807) is 0 Å². The number of hydrogen-bond donors (Lipinski definition) is 1. The first-order chi connectivity index (χ1) is 10.1. The molecule has 6 heteroatoms. The molecular formula is C17H28Cl2N2O2. The maximum absolute atomic E-state index is 5.76. The summed E-state index contributed by atoms with van der Waals surface area (Å²) in [6.45, 7) is 12.6. The van der Waals surface area contributed by atoms with E-state index in [0.717, 1.165) is 37.7 Å². The highest BCUT2D eigenvalue weighted by atomic mass is 35.5. The summed E-state index contributed by atoms with van der Waals surface area (Å²) in [5.41, 5.74) is 1.51. The molecule has 1 saturated heterocycles. The topological polar surface area (TPSA) is 33.7 Å². The summed E-state index contributed by atoms with van der Waals surface area (Å²) in [6.07, 6.45) is 0. The monoisotopic (exact) mass is 362 g/mol. The quantitative estimate of drug-likeness (QED) is 0.874. The summed E-state index contributed by atoms with van der Waals surface area (Å²) >= 11 is 0. The van der Waals surface area contributed by atoms with Gasteiger partial charge in [-0.3, -0.25) is 4.90 Å². The number of piperazine rings is 1. The van der Waals surface area contributed by atoms with E-state index in [1.165, 1.54) is 5.56 Å². The molecule has 23 heavy (non-hydrogen) atoms. The first-order valence-corrected chi connectivity index (χ1v) is 7.90. The number of fused-ring (bicyclic) bond motifs is 1. The van der Waals surface area contributed by atoms with Crippen LogP contribution >= 0.6 is 24.8 Å². The molecule has 2 aliphatic heterocycles. The van der Waals surface area contributed by atoms with Gasteiger partial charge in [-0.2, -0.15) is 0 Å². The summed E-state index contributed by atoms with van der Waals surface area (Å²) in [5.74, 6) is 1.76. The van der Waals surface area contributed by atoms with E-state index in [9.17, 15) is 0 Å². The minimum atomic E-state index is 0. The van der Waals surface area contributed by atoms with Gasteiger partial charge in [-0.05, 0) is 23.1 Å². The second-order valence-corrected chi connectivity index (χ2v) is 6.96. The molecule has 1 aromatic carbocycles. The molecule has 132 valence electrons. The van der Waals surface area contributed by atoms with Gasteiger partial charge in [0.25, 0.3) is 0 Å². The van der Waals surface area contributed by atoms with Crippen molar-refractivity contribution < 1.29 is 9.47 Å². The number of nitrogens with one attached hydrogen (secondary N) is 1. The van der Waals surface area contributed by atoms with Crippen LogP contribution in [0.2, 0.25) is 0 Å². The van der Waals surface area contributed by atoms with Crippen LogP contribution in [0.25, 0.3) is 0 Å². The molecule has 2 heterocycles. The highest BCUT2D eigenvalue weighted by Crippen LogP contribution is 2.41. The van der Waals surface area contributed by atoms with Gasteiger partial charge in [0.1, 0.15) is 13.2 Å². The molecule has 1 N–H and O–H groups in total. The Morgan fingerprint density at radius 3 is 2.22 bits per heavy atom. The average molecular weight is 363 g/mol. The Labute approximate surface area is 151 Å². The molecule has 2 aliphatic rings. The zero-order valence-electron chi connectivity index (χ0n) is 14.1. The van der Waals surface area contributed by atoms with E-state index in [2.05, 4.69) is 49.2 Å². The molecule has 1 atom stereocenters. The van der Waals surface area contributed by atoms with Gasteiger partial charge >= 0.3 is 0 Å². The van der Waals surface area contributed by atoms with Gasteiger partial charge in [-0.25, -0.2) is 0 Å². The van der Waals surface area contributed by atoms with Crippen molar-refractivity contribution >= 4 is 24.8 Å². The molecule has 0 radical (unpaired) electrons. The predicted molar refractivity (Wildman–Crippen MR) is 98.6 cm³/mol. The molecule has 0 amide bonds. The molecule has 0 aromatic heterocycles. The van der Waals surface area contributed by atoms with Crippen molar-refractivity contribution in [2.75, 3.05) is 39.4 Å². The van der Waals surface area contributed by atoms with Crippen LogP contribution in [-0.4, -0.2) is 44.3 Å². The third-order valence-electron chi connectivity index (χ3n) is 4.22. The number of benzene rings is 1. The van der Waals surface area contributed by atoms with Gasteiger partial charge in [0.15, 0.2) is 11.5 Å². The molecule has 4 nitrogen and oxygen atoms in total. The summed E-state index contributed by atoms with van der Waals surface area (Å²) in [7, 11) is 0. The van der Waals surface area contributed by atoms with Crippen LogP contribution in [0.3, 0.4) is 0 Å². The van der Waals surface area contributed by atoms with Gasteiger partial charge in [0.2, 0.25) is 0 Å². The van der Waals surface area contributed by atoms with Crippen LogP contribution < -0.4 is 14.8 Å².